The van der Waals surface area contributed by atoms with Crippen molar-refractivity contribution in [2.45, 2.75) is 13.5 Å². The molecule has 2 heterocycles. The van der Waals surface area contributed by atoms with Gasteiger partial charge in [0, 0.05) is 0 Å². The van der Waals surface area contributed by atoms with Crippen molar-refractivity contribution in [3.05, 3.63) is 16.2 Å². The highest BCUT2D eigenvalue weighted by Gasteiger charge is 2.19. The zero-order valence-corrected chi connectivity index (χ0v) is 9.14. The van der Waals surface area contributed by atoms with E-state index in [-0.39, 0.29) is 5.82 Å². The van der Waals surface area contributed by atoms with Crippen LogP contribution in [0.4, 0.5) is 10.9 Å². The standard InChI is InChI=1S/C7H8N6O2S/c1-2-12-5(13(14)15)3-4(11-12)6-9-10-7(8)16-6/h3H,2H2,1H3,(H2,8,10). The molecule has 0 saturated heterocycles. The maximum absolute atomic E-state index is 10.7. The Hall–Kier alpha value is -2.03. The minimum atomic E-state index is -0.482. The highest BCUT2D eigenvalue weighted by Crippen LogP contribution is 2.26. The Morgan fingerprint density at radius 2 is 2.38 bits per heavy atom. The van der Waals surface area contributed by atoms with E-state index in [0.717, 1.165) is 11.3 Å². The monoisotopic (exact) mass is 240 g/mol. The lowest BCUT2D eigenvalue weighted by molar-refractivity contribution is -0.392. The number of nitrogens with two attached hydrogens (primary N) is 1. The lowest BCUT2D eigenvalue weighted by atomic mass is 10.4. The molecule has 0 unspecified atom stereocenters. The molecular weight excluding hydrogens is 232 g/mol. The zero-order valence-electron chi connectivity index (χ0n) is 8.32. The minimum absolute atomic E-state index is 0.0636. The van der Waals surface area contributed by atoms with Crippen molar-refractivity contribution < 1.29 is 4.92 Å². The molecule has 16 heavy (non-hydrogen) atoms. The number of hydrogen-bond acceptors (Lipinski definition) is 7. The van der Waals surface area contributed by atoms with E-state index in [9.17, 15) is 10.1 Å². The van der Waals surface area contributed by atoms with Gasteiger partial charge in [-0.2, -0.15) is 0 Å². The summed E-state index contributed by atoms with van der Waals surface area (Å²) in [5.41, 5.74) is 5.85. The molecule has 0 spiro atoms. The normalized spacial score (nSPS) is 10.6. The third-order valence-corrected chi connectivity index (χ3v) is 2.68. The van der Waals surface area contributed by atoms with Gasteiger partial charge in [-0.25, -0.2) is 0 Å². The SMILES string of the molecule is CCn1nc(-c2nnc(N)s2)cc1[N+](=O)[O-]. The van der Waals surface area contributed by atoms with E-state index in [2.05, 4.69) is 15.3 Å². The molecule has 2 N–H and O–H groups in total. The van der Waals surface area contributed by atoms with Crippen LogP contribution in [0.5, 0.6) is 0 Å². The average molecular weight is 240 g/mol. The second-order valence-corrected chi connectivity index (χ2v) is 3.92. The molecule has 0 bridgehead atoms. The van der Waals surface area contributed by atoms with E-state index in [1.807, 2.05) is 0 Å². The summed E-state index contributed by atoms with van der Waals surface area (Å²) in [6.45, 7) is 2.20. The molecule has 2 aromatic rings. The molecule has 0 saturated carbocycles. The summed E-state index contributed by atoms with van der Waals surface area (Å²) in [7, 11) is 0. The van der Waals surface area contributed by atoms with Crippen LogP contribution in [-0.4, -0.2) is 24.9 Å². The maximum Gasteiger partial charge on any atom is 0.345 e. The first-order valence-electron chi connectivity index (χ1n) is 4.43. The Bertz CT molecular complexity index is 533. The lowest BCUT2D eigenvalue weighted by Crippen LogP contribution is -2.02. The molecule has 0 amide bonds. The van der Waals surface area contributed by atoms with E-state index in [1.54, 1.807) is 6.92 Å². The number of anilines is 1. The van der Waals surface area contributed by atoms with Gasteiger partial charge in [-0.15, -0.1) is 14.9 Å². The van der Waals surface area contributed by atoms with Gasteiger partial charge in [-0.1, -0.05) is 16.4 Å². The molecule has 2 rings (SSSR count). The number of nitrogen functional groups attached to an aromatic ring is 1. The first-order valence-corrected chi connectivity index (χ1v) is 5.25. The topological polar surface area (TPSA) is 113 Å². The smallest absolute Gasteiger partial charge is 0.345 e. The molecule has 9 heteroatoms. The number of hydrogen-bond donors (Lipinski definition) is 1. The molecule has 0 aromatic carbocycles. The zero-order chi connectivity index (χ0) is 11.7. The third-order valence-electron chi connectivity index (χ3n) is 1.91. The number of aryl methyl sites for hydroxylation is 1. The summed E-state index contributed by atoms with van der Waals surface area (Å²) in [4.78, 5) is 10.2. The number of nitrogens with zero attached hydrogens (tertiary/aromatic N) is 5. The van der Waals surface area contributed by atoms with Crippen LogP contribution in [-0.2, 0) is 6.54 Å². The first kappa shape index (κ1) is 10.5. The fourth-order valence-electron chi connectivity index (χ4n) is 1.23. The fourth-order valence-corrected chi connectivity index (χ4v) is 1.79. The molecule has 84 valence electrons. The van der Waals surface area contributed by atoms with Gasteiger partial charge < -0.3 is 15.8 Å². The summed E-state index contributed by atoms with van der Waals surface area (Å²) in [6, 6.07) is 1.36. The third kappa shape index (κ3) is 1.72. The van der Waals surface area contributed by atoms with Crippen LogP contribution in [0.15, 0.2) is 6.07 Å². The number of aromatic nitrogens is 4. The fraction of sp³-hybridized carbons (Fsp3) is 0.286. The molecule has 0 aliphatic heterocycles. The van der Waals surface area contributed by atoms with Gasteiger partial charge in [0.15, 0.2) is 10.7 Å². The summed E-state index contributed by atoms with van der Waals surface area (Å²) in [5, 5.41) is 23.0. The van der Waals surface area contributed by atoms with Crippen molar-refractivity contribution in [1.29, 1.82) is 0 Å². The quantitative estimate of drug-likeness (QED) is 0.630. The van der Waals surface area contributed by atoms with Crippen LogP contribution in [0.1, 0.15) is 6.92 Å². The Labute approximate surface area is 93.9 Å². The molecule has 0 aliphatic carbocycles. The average Bonchev–Trinajstić information content (AvgIpc) is 2.82. The van der Waals surface area contributed by atoms with Crippen molar-refractivity contribution in [2.24, 2.45) is 0 Å². The maximum atomic E-state index is 10.7. The van der Waals surface area contributed by atoms with Gasteiger partial charge >= 0.3 is 5.82 Å². The van der Waals surface area contributed by atoms with E-state index >= 15 is 0 Å². The predicted octanol–water partition coefficient (Wildman–Crippen LogP) is 0.912. The Balaban J connectivity index is 2.47. The van der Waals surface area contributed by atoms with Crippen LogP contribution in [0, 0.1) is 10.1 Å². The molecule has 0 fully saturated rings. The molecule has 0 aliphatic rings. The highest BCUT2D eigenvalue weighted by atomic mass is 32.1. The van der Waals surface area contributed by atoms with Gasteiger partial charge in [0.25, 0.3) is 0 Å². The van der Waals surface area contributed by atoms with E-state index in [1.165, 1.54) is 10.7 Å². The molecule has 0 atom stereocenters. The first-order chi connectivity index (χ1) is 7.61. The lowest BCUT2D eigenvalue weighted by Gasteiger charge is -1.92. The molecular formula is C7H8N6O2S. The van der Waals surface area contributed by atoms with Crippen molar-refractivity contribution in [2.75, 3.05) is 5.73 Å². The Morgan fingerprint density at radius 3 is 2.81 bits per heavy atom. The van der Waals surface area contributed by atoms with Crippen molar-refractivity contribution >= 4 is 22.3 Å². The summed E-state index contributed by atoms with van der Waals surface area (Å²) < 4.78 is 1.30. The van der Waals surface area contributed by atoms with Gasteiger partial charge in [-0.3, -0.25) is 0 Å². The molecule has 2 aromatic heterocycles. The van der Waals surface area contributed by atoms with Gasteiger partial charge in [-0.05, 0) is 11.8 Å². The van der Waals surface area contributed by atoms with E-state index in [0.29, 0.717) is 22.4 Å². The number of nitro groups is 1. The van der Waals surface area contributed by atoms with Crippen LogP contribution in [0.3, 0.4) is 0 Å². The molecule has 8 nitrogen and oxygen atoms in total. The van der Waals surface area contributed by atoms with Crippen LogP contribution >= 0.6 is 11.3 Å². The van der Waals surface area contributed by atoms with Crippen LogP contribution in [0.2, 0.25) is 0 Å². The highest BCUT2D eigenvalue weighted by molar-refractivity contribution is 7.18. The van der Waals surface area contributed by atoms with Gasteiger partial charge in [0.2, 0.25) is 5.13 Å². The van der Waals surface area contributed by atoms with Gasteiger partial charge in [0.1, 0.15) is 6.54 Å². The second kappa shape index (κ2) is 3.85. The van der Waals surface area contributed by atoms with Crippen molar-refractivity contribution in [1.82, 2.24) is 20.0 Å². The summed E-state index contributed by atoms with van der Waals surface area (Å²) >= 11 is 1.14. The predicted molar refractivity (Wildman–Crippen MR) is 57.9 cm³/mol. The number of rotatable bonds is 3. The van der Waals surface area contributed by atoms with Gasteiger partial charge in [0.05, 0.1) is 6.07 Å². The summed E-state index contributed by atoms with van der Waals surface area (Å²) in [6.07, 6.45) is 0. The van der Waals surface area contributed by atoms with E-state index in [4.69, 9.17) is 5.73 Å². The minimum Gasteiger partial charge on any atom is -0.374 e. The largest absolute Gasteiger partial charge is 0.374 e. The van der Waals surface area contributed by atoms with E-state index < -0.39 is 4.92 Å². The van der Waals surface area contributed by atoms with Crippen LogP contribution < -0.4 is 5.73 Å². The van der Waals surface area contributed by atoms with Crippen molar-refractivity contribution in [3.8, 4) is 10.7 Å². The second-order valence-electron chi connectivity index (χ2n) is 2.91. The summed E-state index contributed by atoms with van der Waals surface area (Å²) in [5.74, 6) is -0.0636. The van der Waals surface area contributed by atoms with Crippen molar-refractivity contribution in [3.63, 3.8) is 0 Å². The molecule has 0 radical (unpaired) electrons. The Kier molecular flexibility index (Phi) is 2.52. The van der Waals surface area contributed by atoms with Crippen LogP contribution in [0.25, 0.3) is 10.7 Å². The Morgan fingerprint density at radius 1 is 1.62 bits per heavy atom.